The van der Waals surface area contributed by atoms with Crippen molar-refractivity contribution in [2.45, 2.75) is 45.1 Å². The van der Waals surface area contributed by atoms with E-state index in [1.807, 2.05) is 29.2 Å². The Kier molecular flexibility index (Phi) is 6.57. The van der Waals surface area contributed by atoms with Crippen molar-refractivity contribution in [2.75, 3.05) is 31.7 Å². The summed E-state index contributed by atoms with van der Waals surface area (Å²) >= 11 is 1.55. The second-order valence-electron chi connectivity index (χ2n) is 7.99. The lowest BCUT2D eigenvalue weighted by Crippen LogP contribution is -2.38. The minimum Gasteiger partial charge on any atom is -0.497 e. The second-order valence-corrected chi connectivity index (χ2v) is 8.83. The number of anilines is 2. The van der Waals surface area contributed by atoms with Crippen LogP contribution < -0.4 is 15.0 Å². The van der Waals surface area contributed by atoms with Crippen molar-refractivity contribution in [3.05, 3.63) is 35.3 Å². The Morgan fingerprint density at radius 3 is 2.68 bits per heavy atom. The average Bonchev–Trinajstić information content (AvgIpc) is 3.36. The normalized spacial score (nSPS) is 16.8. The zero-order valence-electron chi connectivity index (χ0n) is 17.0. The number of hydrogen-bond donors (Lipinski definition) is 1. The van der Waals surface area contributed by atoms with Crippen molar-refractivity contribution in [1.29, 1.82) is 0 Å². The van der Waals surface area contributed by atoms with Gasteiger partial charge in [0.2, 0.25) is 5.91 Å². The van der Waals surface area contributed by atoms with Crippen LogP contribution in [0.1, 0.15) is 39.3 Å². The van der Waals surface area contributed by atoms with E-state index in [1.54, 1.807) is 18.4 Å². The van der Waals surface area contributed by atoms with E-state index in [0.717, 1.165) is 41.7 Å². The molecule has 1 aromatic heterocycles. The fraction of sp³-hybridized carbons (Fsp3) is 0.524. The SMILES string of the molecule is COc1ccc(N(CC(=O)NC[C@H]2CCCO2)c2nc(C(C)(C)C)cs2)cc1. The predicted molar refractivity (Wildman–Crippen MR) is 113 cm³/mol. The van der Waals surface area contributed by atoms with Crippen LogP contribution in [0.5, 0.6) is 5.75 Å². The number of methoxy groups -OCH3 is 1. The minimum atomic E-state index is -0.0428. The quantitative estimate of drug-likeness (QED) is 0.760. The Balaban J connectivity index is 1.77. The third-order valence-corrected chi connectivity index (χ3v) is 5.59. The molecule has 152 valence electrons. The molecule has 1 aliphatic rings. The first kappa shape index (κ1) is 20.6. The smallest absolute Gasteiger partial charge is 0.240 e. The van der Waals surface area contributed by atoms with E-state index in [9.17, 15) is 4.79 Å². The summed E-state index contributed by atoms with van der Waals surface area (Å²) < 4.78 is 10.8. The molecule has 0 radical (unpaired) electrons. The van der Waals surface area contributed by atoms with Crippen molar-refractivity contribution in [3.63, 3.8) is 0 Å². The molecule has 0 unspecified atom stereocenters. The van der Waals surface area contributed by atoms with Crippen LogP contribution in [-0.2, 0) is 14.9 Å². The lowest BCUT2D eigenvalue weighted by Gasteiger charge is -2.23. The summed E-state index contributed by atoms with van der Waals surface area (Å²) in [7, 11) is 1.64. The van der Waals surface area contributed by atoms with Gasteiger partial charge in [-0.3, -0.25) is 4.79 Å². The lowest BCUT2D eigenvalue weighted by atomic mass is 9.93. The molecule has 3 rings (SSSR count). The van der Waals surface area contributed by atoms with Gasteiger partial charge in [-0.1, -0.05) is 20.8 Å². The number of amides is 1. The summed E-state index contributed by atoms with van der Waals surface area (Å²) in [5.74, 6) is 0.736. The van der Waals surface area contributed by atoms with Gasteiger partial charge in [0.25, 0.3) is 0 Å². The number of rotatable bonds is 7. The zero-order valence-corrected chi connectivity index (χ0v) is 17.8. The van der Waals surface area contributed by atoms with Crippen LogP contribution in [0.15, 0.2) is 29.6 Å². The van der Waals surface area contributed by atoms with E-state index in [2.05, 4.69) is 31.5 Å². The molecule has 1 amide bonds. The topological polar surface area (TPSA) is 63.7 Å². The third kappa shape index (κ3) is 5.23. The number of carbonyl (C=O) groups excluding carboxylic acids is 1. The number of nitrogens with one attached hydrogen (secondary N) is 1. The Bertz CT molecular complexity index is 777. The van der Waals surface area contributed by atoms with Gasteiger partial charge in [-0.15, -0.1) is 11.3 Å². The first-order valence-corrected chi connectivity index (χ1v) is 10.5. The van der Waals surface area contributed by atoms with Gasteiger partial charge in [-0.25, -0.2) is 4.98 Å². The van der Waals surface area contributed by atoms with E-state index in [0.29, 0.717) is 6.54 Å². The largest absolute Gasteiger partial charge is 0.497 e. The van der Waals surface area contributed by atoms with Gasteiger partial charge in [0, 0.05) is 29.6 Å². The standard InChI is InChI=1S/C21H29N3O3S/c1-21(2,3)18-14-28-20(23-18)24(15-7-9-16(26-4)10-8-15)13-19(25)22-12-17-6-5-11-27-17/h7-10,14,17H,5-6,11-13H2,1-4H3,(H,22,25)/t17-/m1/s1. The van der Waals surface area contributed by atoms with Gasteiger partial charge in [-0.2, -0.15) is 0 Å². The molecule has 1 N–H and O–H groups in total. The van der Waals surface area contributed by atoms with Crippen LogP contribution in [0.4, 0.5) is 10.8 Å². The van der Waals surface area contributed by atoms with Crippen LogP contribution >= 0.6 is 11.3 Å². The second kappa shape index (κ2) is 8.92. The number of thiazole rings is 1. The van der Waals surface area contributed by atoms with Crippen LogP contribution in [-0.4, -0.2) is 43.8 Å². The average molecular weight is 404 g/mol. The molecule has 7 heteroatoms. The first-order chi connectivity index (χ1) is 13.4. The van der Waals surface area contributed by atoms with Gasteiger partial charge in [0.1, 0.15) is 12.3 Å². The van der Waals surface area contributed by atoms with Gasteiger partial charge < -0.3 is 19.7 Å². The Labute approximate surface area is 170 Å². The van der Waals surface area contributed by atoms with E-state index in [1.165, 1.54) is 0 Å². The highest BCUT2D eigenvalue weighted by molar-refractivity contribution is 7.13. The molecule has 2 heterocycles. The van der Waals surface area contributed by atoms with Crippen molar-refractivity contribution in [2.24, 2.45) is 0 Å². The van der Waals surface area contributed by atoms with E-state index in [4.69, 9.17) is 14.5 Å². The zero-order chi connectivity index (χ0) is 20.1. The van der Waals surface area contributed by atoms with Crippen LogP contribution in [0.3, 0.4) is 0 Å². The summed E-state index contributed by atoms with van der Waals surface area (Å²) in [5, 5.41) is 5.87. The Morgan fingerprint density at radius 2 is 2.11 bits per heavy atom. The Hall–Kier alpha value is -2.12. The number of hydrogen-bond acceptors (Lipinski definition) is 6. The number of benzene rings is 1. The van der Waals surface area contributed by atoms with Crippen LogP contribution in [0.2, 0.25) is 0 Å². The molecule has 1 aromatic carbocycles. The van der Waals surface area contributed by atoms with Crippen LogP contribution in [0, 0.1) is 0 Å². The number of aromatic nitrogens is 1. The highest BCUT2D eigenvalue weighted by Crippen LogP contribution is 2.33. The molecule has 0 saturated carbocycles. The number of ether oxygens (including phenoxy) is 2. The maximum Gasteiger partial charge on any atom is 0.240 e. The fourth-order valence-electron chi connectivity index (χ4n) is 3.00. The van der Waals surface area contributed by atoms with E-state index in [-0.39, 0.29) is 24.0 Å². The van der Waals surface area contributed by atoms with E-state index >= 15 is 0 Å². The van der Waals surface area contributed by atoms with Crippen molar-refractivity contribution in [1.82, 2.24) is 10.3 Å². The maximum atomic E-state index is 12.6. The summed E-state index contributed by atoms with van der Waals surface area (Å²) in [6, 6.07) is 7.68. The molecular formula is C21H29N3O3S. The Morgan fingerprint density at radius 1 is 1.36 bits per heavy atom. The van der Waals surface area contributed by atoms with Gasteiger partial charge in [0.15, 0.2) is 5.13 Å². The van der Waals surface area contributed by atoms with Crippen LogP contribution in [0.25, 0.3) is 0 Å². The first-order valence-electron chi connectivity index (χ1n) is 9.63. The number of carbonyl (C=O) groups is 1. The van der Waals surface area contributed by atoms with Crippen molar-refractivity contribution in [3.8, 4) is 5.75 Å². The molecule has 0 bridgehead atoms. The molecule has 1 fully saturated rings. The number of nitrogens with zero attached hydrogens (tertiary/aromatic N) is 2. The van der Waals surface area contributed by atoms with Crippen molar-refractivity contribution >= 4 is 28.1 Å². The van der Waals surface area contributed by atoms with Gasteiger partial charge >= 0.3 is 0 Å². The summed E-state index contributed by atoms with van der Waals surface area (Å²) in [6.07, 6.45) is 2.20. The summed E-state index contributed by atoms with van der Waals surface area (Å²) in [5.41, 5.74) is 1.89. The van der Waals surface area contributed by atoms with Gasteiger partial charge in [-0.05, 0) is 37.1 Å². The summed E-state index contributed by atoms with van der Waals surface area (Å²) in [4.78, 5) is 19.4. The molecular weight excluding hydrogens is 374 g/mol. The maximum absolute atomic E-state index is 12.6. The third-order valence-electron chi connectivity index (χ3n) is 4.73. The summed E-state index contributed by atoms with van der Waals surface area (Å²) in [6.45, 7) is 7.96. The molecule has 28 heavy (non-hydrogen) atoms. The molecule has 1 atom stereocenters. The molecule has 1 saturated heterocycles. The predicted octanol–water partition coefficient (Wildman–Crippen LogP) is 3.88. The fourth-order valence-corrected chi connectivity index (χ4v) is 4.07. The monoisotopic (exact) mass is 403 g/mol. The van der Waals surface area contributed by atoms with Gasteiger partial charge in [0.05, 0.1) is 18.9 Å². The highest BCUT2D eigenvalue weighted by Gasteiger charge is 2.23. The molecule has 0 spiro atoms. The minimum absolute atomic E-state index is 0.0393. The lowest BCUT2D eigenvalue weighted by molar-refractivity contribution is -0.120. The molecule has 2 aromatic rings. The molecule has 6 nitrogen and oxygen atoms in total. The molecule has 0 aliphatic carbocycles. The van der Waals surface area contributed by atoms with Crippen molar-refractivity contribution < 1.29 is 14.3 Å². The molecule has 1 aliphatic heterocycles. The highest BCUT2D eigenvalue weighted by atomic mass is 32.1. The van der Waals surface area contributed by atoms with E-state index < -0.39 is 0 Å².